The van der Waals surface area contributed by atoms with Gasteiger partial charge in [-0.3, -0.25) is 9.59 Å². The van der Waals surface area contributed by atoms with E-state index < -0.39 is 0 Å². The highest BCUT2D eigenvalue weighted by molar-refractivity contribution is 5.87. The molecule has 1 saturated heterocycles. The van der Waals surface area contributed by atoms with Gasteiger partial charge in [0.2, 0.25) is 0 Å². The van der Waals surface area contributed by atoms with E-state index in [4.69, 9.17) is 4.74 Å². The normalized spacial score (nSPS) is 22.8. The molecular formula is C10H12O3. The van der Waals surface area contributed by atoms with E-state index in [-0.39, 0.29) is 17.9 Å². The lowest BCUT2D eigenvalue weighted by atomic mass is 10.2. The van der Waals surface area contributed by atoms with Gasteiger partial charge < -0.3 is 4.74 Å². The monoisotopic (exact) mass is 180 g/mol. The molecule has 0 N–H and O–H groups in total. The van der Waals surface area contributed by atoms with Crippen LogP contribution in [0, 0.1) is 0 Å². The topological polar surface area (TPSA) is 43.4 Å². The van der Waals surface area contributed by atoms with Crippen molar-refractivity contribution in [2.24, 2.45) is 0 Å². The highest BCUT2D eigenvalue weighted by Gasteiger charge is 2.19. The van der Waals surface area contributed by atoms with Crippen molar-refractivity contribution < 1.29 is 14.3 Å². The van der Waals surface area contributed by atoms with E-state index in [0.717, 1.165) is 6.42 Å². The van der Waals surface area contributed by atoms with Crippen LogP contribution in [0.25, 0.3) is 0 Å². The number of hydrogen-bond donors (Lipinski definition) is 0. The van der Waals surface area contributed by atoms with Crippen LogP contribution >= 0.6 is 0 Å². The number of hydrogen-bond acceptors (Lipinski definition) is 3. The minimum atomic E-state index is -0.148. The molecule has 0 unspecified atom stereocenters. The Morgan fingerprint density at radius 2 is 2.31 bits per heavy atom. The molecule has 0 bridgehead atoms. The Hall–Kier alpha value is -1.38. The van der Waals surface area contributed by atoms with Crippen LogP contribution in [-0.4, -0.2) is 17.9 Å². The van der Waals surface area contributed by atoms with Crippen LogP contribution in [0.5, 0.6) is 0 Å². The van der Waals surface area contributed by atoms with Crippen LogP contribution in [0.15, 0.2) is 24.3 Å². The smallest absolute Gasteiger partial charge is 0.306 e. The summed E-state index contributed by atoms with van der Waals surface area (Å²) >= 11 is 0. The van der Waals surface area contributed by atoms with Crippen molar-refractivity contribution in [3.63, 3.8) is 0 Å². The molecule has 0 aliphatic carbocycles. The Balaban J connectivity index is 2.32. The minimum Gasteiger partial charge on any atom is -0.458 e. The molecule has 0 amide bonds. The summed E-state index contributed by atoms with van der Waals surface area (Å²) in [5, 5.41) is 0. The molecule has 70 valence electrons. The Bertz CT molecular complexity index is 263. The molecule has 0 aromatic rings. The van der Waals surface area contributed by atoms with Crippen LogP contribution in [0.2, 0.25) is 0 Å². The zero-order valence-electron chi connectivity index (χ0n) is 7.53. The van der Waals surface area contributed by atoms with E-state index >= 15 is 0 Å². The van der Waals surface area contributed by atoms with Crippen LogP contribution in [-0.2, 0) is 14.3 Å². The maximum absolute atomic E-state index is 10.7. The number of allylic oxidation sites excluding steroid dienone is 3. The molecule has 0 aromatic carbocycles. The molecule has 1 heterocycles. The molecule has 1 atom stereocenters. The number of ether oxygens (including phenoxy) is 1. The molecule has 3 nitrogen and oxygen atoms in total. The Morgan fingerprint density at radius 3 is 2.85 bits per heavy atom. The van der Waals surface area contributed by atoms with Gasteiger partial charge in [0.15, 0.2) is 5.78 Å². The van der Waals surface area contributed by atoms with Gasteiger partial charge in [-0.05, 0) is 25.5 Å². The third kappa shape index (κ3) is 3.69. The second-order valence-electron chi connectivity index (χ2n) is 2.92. The van der Waals surface area contributed by atoms with E-state index in [1.54, 1.807) is 18.2 Å². The Kier molecular flexibility index (Phi) is 3.43. The van der Waals surface area contributed by atoms with E-state index in [0.29, 0.717) is 6.42 Å². The first-order chi connectivity index (χ1) is 6.18. The number of cyclic esters (lactones) is 1. The zero-order valence-corrected chi connectivity index (χ0v) is 7.53. The highest BCUT2D eigenvalue weighted by atomic mass is 16.5. The number of esters is 1. The van der Waals surface area contributed by atoms with Crippen LogP contribution in [0.3, 0.4) is 0 Å². The second-order valence-corrected chi connectivity index (χ2v) is 2.92. The van der Waals surface area contributed by atoms with E-state index in [1.165, 1.54) is 13.0 Å². The summed E-state index contributed by atoms with van der Waals surface area (Å²) in [6, 6.07) is 0. The fourth-order valence-electron chi connectivity index (χ4n) is 1.06. The van der Waals surface area contributed by atoms with E-state index in [1.807, 2.05) is 0 Å². The predicted molar refractivity (Wildman–Crippen MR) is 48.1 cm³/mol. The standard InChI is InChI=1S/C10H12O3/c1-8(11)4-2-3-5-9-6-7-10(12)13-9/h2-5,9H,6-7H2,1H3/b4-2+,5-3+/t9-/m1/s1. The quantitative estimate of drug-likeness (QED) is 0.374. The molecule has 0 radical (unpaired) electrons. The number of carbonyl (C=O) groups is 2. The molecule has 0 aromatic heterocycles. The van der Waals surface area contributed by atoms with Crippen LogP contribution in [0.1, 0.15) is 19.8 Å². The Labute approximate surface area is 77.1 Å². The van der Waals surface area contributed by atoms with Crippen molar-refractivity contribution in [1.82, 2.24) is 0 Å². The predicted octanol–water partition coefficient (Wildman–Crippen LogP) is 1.39. The fourth-order valence-corrected chi connectivity index (χ4v) is 1.06. The lowest BCUT2D eigenvalue weighted by Gasteiger charge is -1.99. The van der Waals surface area contributed by atoms with Gasteiger partial charge in [-0.1, -0.05) is 12.2 Å². The van der Waals surface area contributed by atoms with E-state index in [9.17, 15) is 9.59 Å². The summed E-state index contributed by atoms with van der Waals surface area (Å²) < 4.78 is 4.92. The first kappa shape index (κ1) is 9.71. The lowest BCUT2D eigenvalue weighted by Crippen LogP contribution is -2.01. The summed E-state index contributed by atoms with van der Waals surface area (Å²) in [4.78, 5) is 21.2. The molecule has 1 rings (SSSR count). The van der Waals surface area contributed by atoms with Crippen molar-refractivity contribution >= 4 is 11.8 Å². The fraction of sp³-hybridized carbons (Fsp3) is 0.400. The van der Waals surface area contributed by atoms with Crippen molar-refractivity contribution in [1.29, 1.82) is 0 Å². The van der Waals surface area contributed by atoms with E-state index in [2.05, 4.69) is 0 Å². The summed E-state index contributed by atoms with van der Waals surface area (Å²) in [6.45, 7) is 1.49. The van der Waals surface area contributed by atoms with Crippen LogP contribution < -0.4 is 0 Å². The molecule has 0 spiro atoms. The molecule has 3 heteroatoms. The second kappa shape index (κ2) is 4.60. The summed E-state index contributed by atoms with van der Waals surface area (Å²) in [7, 11) is 0. The first-order valence-corrected chi connectivity index (χ1v) is 4.23. The van der Waals surface area contributed by atoms with Gasteiger partial charge in [0.05, 0.1) is 0 Å². The van der Waals surface area contributed by atoms with Gasteiger partial charge >= 0.3 is 5.97 Å². The summed E-state index contributed by atoms with van der Waals surface area (Å²) in [6.07, 6.45) is 7.75. The molecule has 1 aliphatic heterocycles. The third-order valence-electron chi connectivity index (χ3n) is 1.68. The van der Waals surface area contributed by atoms with Gasteiger partial charge in [0, 0.05) is 6.42 Å². The molecule has 13 heavy (non-hydrogen) atoms. The maximum Gasteiger partial charge on any atom is 0.306 e. The maximum atomic E-state index is 10.7. The van der Waals surface area contributed by atoms with Crippen molar-refractivity contribution in [2.45, 2.75) is 25.9 Å². The summed E-state index contributed by atoms with van der Waals surface area (Å²) in [5.74, 6) is -0.140. The molecule has 1 aliphatic rings. The number of carbonyl (C=O) groups excluding carboxylic acids is 2. The molecular weight excluding hydrogens is 168 g/mol. The highest BCUT2D eigenvalue weighted by Crippen LogP contribution is 2.14. The Morgan fingerprint density at radius 1 is 1.54 bits per heavy atom. The zero-order chi connectivity index (χ0) is 9.68. The van der Waals surface area contributed by atoms with Crippen molar-refractivity contribution in [2.75, 3.05) is 0 Å². The van der Waals surface area contributed by atoms with Gasteiger partial charge in [-0.2, -0.15) is 0 Å². The third-order valence-corrected chi connectivity index (χ3v) is 1.68. The summed E-state index contributed by atoms with van der Waals surface area (Å²) in [5.41, 5.74) is 0. The molecule has 0 saturated carbocycles. The average molecular weight is 180 g/mol. The average Bonchev–Trinajstić information content (AvgIpc) is 2.45. The van der Waals surface area contributed by atoms with Gasteiger partial charge in [0.25, 0.3) is 0 Å². The minimum absolute atomic E-state index is 0.00747. The molecule has 1 fully saturated rings. The largest absolute Gasteiger partial charge is 0.458 e. The van der Waals surface area contributed by atoms with Gasteiger partial charge in [-0.15, -0.1) is 0 Å². The number of rotatable bonds is 3. The SMILES string of the molecule is CC(=O)/C=C/C=C/[C@@H]1CCC(=O)O1. The lowest BCUT2D eigenvalue weighted by molar-refractivity contribution is -0.140. The van der Waals surface area contributed by atoms with Gasteiger partial charge in [-0.25, -0.2) is 0 Å². The van der Waals surface area contributed by atoms with Gasteiger partial charge in [0.1, 0.15) is 6.10 Å². The van der Waals surface area contributed by atoms with Crippen molar-refractivity contribution in [3.05, 3.63) is 24.3 Å². The number of ketones is 1. The first-order valence-electron chi connectivity index (χ1n) is 4.23. The van der Waals surface area contributed by atoms with Crippen LogP contribution in [0.4, 0.5) is 0 Å². The van der Waals surface area contributed by atoms with Crippen molar-refractivity contribution in [3.8, 4) is 0 Å².